The third kappa shape index (κ3) is 14.5. The Hall–Kier alpha value is -8.40. The van der Waals surface area contributed by atoms with E-state index in [1.807, 2.05) is 54.7 Å². The van der Waals surface area contributed by atoms with Crippen LogP contribution in [-0.4, -0.2) is 17.7 Å². The molecule has 86 heavy (non-hydrogen) atoms. The maximum Gasteiger partial charge on any atom is 0.416 e. The fourth-order valence-electron chi connectivity index (χ4n) is 9.54. The van der Waals surface area contributed by atoms with Crippen molar-refractivity contribution in [2.45, 2.75) is 62.4 Å². The van der Waals surface area contributed by atoms with Crippen LogP contribution in [0.15, 0.2) is 164 Å². The second-order valence-electron chi connectivity index (χ2n) is 19.1. The first kappa shape index (κ1) is 65.2. The van der Waals surface area contributed by atoms with E-state index in [1.165, 1.54) is 12.1 Å². The molecule has 29 heteroatoms. The van der Waals surface area contributed by atoms with Crippen molar-refractivity contribution in [2.24, 2.45) is 0 Å². The topological polar surface area (TPSA) is 38.0 Å². The highest BCUT2D eigenvalue weighted by Gasteiger charge is 2.47. The summed E-state index contributed by atoms with van der Waals surface area (Å²) in [4.78, 5) is 25.6. The van der Waals surface area contributed by atoms with Gasteiger partial charge in [-0.15, -0.1) is 0 Å². The molecule has 7 aromatic carbocycles. The van der Waals surface area contributed by atoms with Crippen LogP contribution in [0, 0.1) is 5.82 Å². The fraction of sp³-hybridized carbons (Fsp3) is 0.175. The number of ketones is 2. The summed E-state index contributed by atoms with van der Waals surface area (Å²) < 4.78 is 357. The number of carbonyl (C=O) groups excluding carboxylic acids is 2. The van der Waals surface area contributed by atoms with E-state index in [1.54, 1.807) is 28.8 Å². The van der Waals surface area contributed by atoms with Gasteiger partial charge in [-0.05, 0) is 47.9 Å². The fourth-order valence-corrected chi connectivity index (χ4v) is 9.54. The average molecular weight is 1250 g/mol. The lowest BCUT2D eigenvalue weighted by Gasteiger charge is -2.46. The Morgan fingerprint density at radius 2 is 0.651 bits per heavy atom. The van der Waals surface area contributed by atoms with E-state index >= 15 is 0 Å². The van der Waals surface area contributed by atoms with Crippen molar-refractivity contribution >= 4 is 50.3 Å². The van der Waals surface area contributed by atoms with Crippen molar-refractivity contribution in [1.82, 2.24) is 0 Å². The summed E-state index contributed by atoms with van der Waals surface area (Å²) in [7, 11) is 0. The van der Waals surface area contributed by atoms with Gasteiger partial charge in [-0.25, -0.2) is 4.39 Å². The maximum atomic E-state index is 14.2. The van der Waals surface area contributed by atoms with Crippen molar-refractivity contribution in [2.75, 3.05) is 0 Å². The number of benzene rings is 7. The van der Waals surface area contributed by atoms with Crippen LogP contribution in [0.5, 0.6) is 0 Å². The van der Waals surface area contributed by atoms with Gasteiger partial charge >= 0.3 is 49.4 Å². The molecule has 8 rings (SSSR count). The summed E-state index contributed by atoms with van der Waals surface area (Å²) in [5.74, 6) is -0.907. The van der Waals surface area contributed by atoms with Crippen molar-refractivity contribution < 1.29 is 124 Å². The molecule has 0 atom stereocenters. The largest absolute Gasteiger partial charge is 0.416 e. The second kappa shape index (κ2) is 23.1. The van der Waals surface area contributed by atoms with Gasteiger partial charge in [-0.1, -0.05) is 109 Å². The molecule has 1 aromatic heterocycles. The van der Waals surface area contributed by atoms with Crippen molar-refractivity contribution in [3.8, 4) is 0 Å². The number of aromatic nitrogens is 1. The first-order valence-corrected chi connectivity index (χ1v) is 24.0. The summed E-state index contributed by atoms with van der Waals surface area (Å²) in [6.07, 6.45) is -53.0. The number of hydrogen-bond donors (Lipinski definition) is 0. The molecule has 0 unspecified atom stereocenters. The quantitative estimate of drug-likeness (QED) is 0.0592. The Morgan fingerprint density at radius 3 is 0.977 bits per heavy atom. The van der Waals surface area contributed by atoms with Crippen molar-refractivity contribution in [1.29, 1.82) is 0 Å². The van der Waals surface area contributed by atoms with Gasteiger partial charge in [0.1, 0.15) is 12.0 Å². The molecule has 0 saturated carbocycles. The molecule has 0 aliphatic rings. The average Bonchev–Trinajstić information content (AvgIpc) is 0.755. The first-order chi connectivity index (χ1) is 39.4. The number of nitrogens with zero attached hydrogens (tertiary/aromatic N) is 1. The van der Waals surface area contributed by atoms with Crippen molar-refractivity contribution in [3.63, 3.8) is 0 Å². The molecule has 0 radical (unpaired) electrons. The lowest BCUT2D eigenvalue weighted by molar-refractivity contribution is -0.688. The molecule has 454 valence electrons. The third-order valence-electron chi connectivity index (χ3n) is 13.4. The Labute approximate surface area is 466 Å². The van der Waals surface area contributed by atoms with Gasteiger partial charge < -0.3 is 0 Å². The number of Topliss-reactive ketones (excluding diaryl/α,β-unsaturated/α-hetero) is 2. The van der Waals surface area contributed by atoms with E-state index in [0.29, 0.717) is 11.3 Å². The highest BCUT2D eigenvalue weighted by Crippen LogP contribution is 2.42. The number of fused-ring (bicyclic) bond motifs is 1. The Kier molecular flexibility index (Phi) is 17.5. The molecule has 1 heterocycles. The lowest BCUT2D eigenvalue weighted by atomic mass is 9.12. The Morgan fingerprint density at radius 1 is 0.349 bits per heavy atom. The monoisotopic (exact) mass is 1250 g/mol. The molecule has 0 aliphatic heterocycles. The number of rotatable bonds is 10. The second-order valence-corrected chi connectivity index (χ2v) is 19.1. The van der Waals surface area contributed by atoms with Crippen molar-refractivity contribution in [3.05, 3.63) is 231 Å². The summed E-state index contributed by atoms with van der Waals surface area (Å²) in [6.45, 7) is 0.106. The van der Waals surface area contributed by atoms with Gasteiger partial charge in [0, 0.05) is 17.0 Å². The molecular weight excluding hydrogens is 1220 g/mol. The van der Waals surface area contributed by atoms with E-state index in [4.69, 9.17) is 0 Å². The molecular formula is C57H31BF25NO2. The number of halogens is 25. The van der Waals surface area contributed by atoms with Crippen LogP contribution in [0.4, 0.5) is 110 Å². The van der Waals surface area contributed by atoms with E-state index in [9.17, 15) is 119 Å². The minimum atomic E-state index is -6.13. The number of hydrogen-bond acceptors (Lipinski definition) is 2. The van der Waals surface area contributed by atoms with Gasteiger partial charge in [0.15, 0.2) is 17.7 Å². The SMILES string of the molecule is FC(F)(F)c1cc([B-](c2cc(C(F)(F)F)cc(C(F)(F)F)c2)(c2cc(C(F)(F)F)cc(C(F)(F)F)c2)c2cc(C(F)(F)F)cc(C(F)(F)F)c2)cc(C(F)(F)F)c1.O=C(C[n+]1ccc2ccccc2c1CC(=O)c1ccccc1F)c1ccccc1. The van der Waals surface area contributed by atoms with E-state index < -0.39 is 201 Å². The van der Waals surface area contributed by atoms with E-state index in [-0.39, 0.29) is 30.1 Å². The summed E-state index contributed by atoms with van der Waals surface area (Å²) in [5.41, 5.74) is -28.8. The number of pyridine rings is 1. The van der Waals surface area contributed by atoms with Crippen LogP contribution in [0.25, 0.3) is 10.8 Å². The summed E-state index contributed by atoms with van der Waals surface area (Å²) in [6, 6.07) is 15.8. The van der Waals surface area contributed by atoms with Crippen LogP contribution in [0.2, 0.25) is 0 Å². The molecule has 0 saturated heterocycles. The molecule has 0 amide bonds. The normalized spacial score (nSPS) is 13.1. The molecule has 0 bridgehead atoms. The Bertz CT molecular complexity index is 3400. The predicted molar refractivity (Wildman–Crippen MR) is 259 cm³/mol. The molecule has 8 aromatic rings. The van der Waals surface area contributed by atoms with Crippen LogP contribution < -0.4 is 26.4 Å². The third-order valence-corrected chi connectivity index (χ3v) is 13.4. The van der Waals surface area contributed by atoms with E-state index in [2.05, 4.69) is 0 Å². The predicted octanol–water partition coefficient (Wildman–Crippen LogP) is 15.8. The lowest BCUT2D eigenvalue weighted by Crippen LogP contribution is -2.75. The zero-order valence-corrected chi connectivity index (χ0v) is 42.3. The van der Waals surface area contributed by atoms with Crippen LogP contribution in [0.1, 0.15) is 70.9 Å². The minimum Gasteiger partial charge on any atom is -0.293 e. The van der Waals surface area contributed by atoms with Crippen LogP contribution >= 0.6 is 0 Å². The van der Waals surface area contributed by atoms with Gasteiger partial charge in [-0.3, -0.25) is 9.59 Å². The summed E-state index contributed by atoms with van der Waals surface area (Å²) in [5, 5.41) is 1.84. The van der Waals surface area contributed by atoms with Crippen LogP contribution in [-0.2, 0) is 62.4 Å². The minimum absolute atomic E-state index is 0.00432. The smallest absolute Gasteiger partial charge is 0.293 e. The molecule has 0 fully saturated rings. The zero-order valence-electron chi connectivity index (χ0n) is 42.3. The first-order valence-electron chi connectivity index (χ1n) is 24.0. The molecule has 0 spiro atoms. The summed E-state index contributed by atoms with van der Waals surface area (Å²) >= 11 is 0. The molecule has 3 nitrogen and oxygen atoms in total. The number of carbonyl (C=O) groups is 2. The number of alkyl halides is 24. The standard InChI is InChI=1S/C32H12BF24.C25H19FNO2/c34-25(35,36)13-1-14(26(37,38)39)6-21(5-13)33(22-7-15(27(40,41)42)2-16(8-22)28(43,44)45,23-9-17(29(46,47)48)3-18(10-23)30(49,50)51)24-11-19(31(52,53)54)4-20(12-24)32(55,56)57;26-22-13-7-6-12-21(22)24(28)16-23-20-11-5-4-8-18(20)14-15-27(23)17-25(29)19-9-2-1-3-10-19/h1-12H;1-15H,16-17H2/q-1;+1. The highest BCUT2D eigenvalue weighted by molar-refractivity contribution is 7.20. The molecule has 0 N–H and O–H groups in total. The van der Waals surface area contributed by atoms with Gasteiger partial charge in [0.05, 0.1) is 56.5 Å². The van der Waals surface area contributed by atoms with E-state index in [0.717, 1.165) is 10.8 Å². The van der Waals surface area contributed by atoms with Gasteiger partial charge in [0.2, 0.25) is 12.3 Å². The van der Waals surface area contributed by atoms with Gasteiger partial charge in [-0.2, -0.15) is 132 Å². The Balaban J connectivity index is 0.000000302. The maximum absolute atomic E-state index is 14.2. The van der Waals surface area contributed by atoms with Gasteiger partial charge in [0.25, 0.3) is 0 Å². The van der Waals surface area contributed by atoms with Crippen LogP contribution in [0.3, 0.4) is 0 Å². The highest BCUT2D eigenvalue weighted by atomic mass is 19.4. The molecule has 0 aliphatic carbocycles. The zero-order chi connectivity index (χ0) is 64.1.